The van der Waals surface area contributed by atoms with E-state index in [9.17, 15) is 14.4 Å². The number of aromatic nitrogens is 1. The molecule has 0 fully saturated rings. The predicted octanol–water partition coefficient (Wildman–Crippen LogP) is 1.82. The highest BCUT2D eigenvalue weighted by Gasteiger charge is 2.16. The molecule has 1 N–H and O–H groups in total. The Morgan fingerprint density at radius 2 is 1.96 bits per heavy atom. The van der Waals surface area contributed by atoms with Gasteiger partial charge < -0.3 is 14.8 Å². The molecule has 0 spiro atoms. The average molecular weight is 345 g/mol. The van der Waals surface area contributed by atoms with Crippen LogP contribution >= 0.6 is 11.8 Å². The van der Waals surface area contributed by atoms with Crippen LogP contribution in [0.4, 0.5) is 5.69 Å². The van der Waals surface area contributed by atoms with Crippen LogP contribution < -0.4 is 10.9 Å². The standard InChI is InChI=1S/C17H19N3O3S/c1-19-9-8-12(10-16(19)22)17(23)20(2)11-15(21)18-13-6-4-5-7-14(13)24-3/h4-10H,11H2,1-3H3,(H,18,21). The number of hydrogen-bond acceptors (Lipinski definition) is 4. The van der Waals surface area contributed by atoms with Crippen molar-refractivity contribution >= 4 is 29.3 Å². The number of rotatable bonds is 5. The first kappa shape index (κ1) is 17.8. The fourth-order valence-electron chi connectivity index (χ4n) is 2.13. The summed E-state index contributed by atoms with van der Waals surface area (Å²) in [5.41, 5.74) is 0.704. The van der Waals surface area contributed by atoms with Crippen LogP contribution in [-0.4, -0.2) is 41.1 Å². The number of carbonyl (C=O) groups is 2. The van der Waals surface area contributed by atoms with E-state index >= 15 is 0 Å². The molecule has 0 saturated carbocycles. The van der Waals surface area contributed by atoms with Gasteiger partial charge in [0.25, 0.3) is 11.5 Å². The first-order valence-corrected chi connectivity index (χ1v) is 8.50. The molecule has 0 aliphatic rings. The lowest BCUT2D eigenvalue weighted by molar-refractivity contribution is -0.116. The van der Waals surface area contributed by atoms with Crippen LogP contribution in [0.2, 0.25) is 0 Å². The van der Waals surface area contributed by atoms with Crippen LogP contribution in [0.15, 0.2) is 52.3 Å². The average Bonchev–Trinajstić information content (AvgIpc) is 2.57. The van der Waals surface area contributed by atoms with Gasteiger partial charge in [-0.15, -0.1) is 11.8 Å². The second-order valence-electron chi connectivity index (χ2n) is 5.27. The number of likely N-dealkylation sites (N-methyl/N-ethyl adjacent to an activating group) is 1. The first-order valence-electron chi connectivity index (χ1n) is 7.27. The molecule has 0 aliphatic heterocycles. The molecule has 0 radical (unpaired) electrons. The van der Waals surface area contributed by atoms with Crippen molar-refractivity contribution in [2.75, 3.05) is 25.2 Å². The number of para-hydroxylation sites is 1. The molecule has 0 atom stereocenters. The van der Waals surface area contributed by atoms with Gasteiger partial charge in [0.15, 0.2) is 0 Å². The molecule has 6 nitrogen and oxygen atoms in total. The van der Waals surface area contributed by atoms with Crippen molar-refractivity contribution in [3.8, 4) is 0 Å². The van der Waals surface area contributed by atoms with Gasteiger partial charge in [-0.25, -0.2) is 0 Å². The third kappa shape index (κ3) is 4.26. The van der Waals surface area contributed by atoms with Gasteiger partial charge in [-0.2, -0.15) is 0 Å². The van der Waals surface area contributed by atoms with Crippen molar-refractivity contribution in [2.45, 2.75) is 4.90 Å². The van der Waals surface area contributed by atoms with Gasteiger partial charge in [-0.1, -0.05) is 12.1 Å². The number of benzene rings is 1. The zero-order valence-electron chi connectivity index (χ0n) is 13.8. The summed E-state index contributed by atoms with van der Waals surface area (Å²) in [6.45, 7) is -0.100. The van der Waals surface area contributed by atoms with Crippen LogP contribution in [0.1, 0.15) is 10.4 Å². The van der Waals surface area contributed by atoms with Gasteiger partial charge in [0.1, 0.15) is 0 Å². The minimum absolute atomic E-state index is 0.100. The smallest absolute Gasteiger partial charge is 0.254 e. The Bertz CT molecular complexity index is 817. The SMILES string of the molecule is CSc1ccccc1NC(=O)CN(C)C(=O)c1ccn(C)c(=O)c1. The molecule has 1 aromatic carbocycles. The van der Waals surface area contributed by atoms with Crippen molar-refractivity contribution < 1.29 is 9.59 Å². The highest BCUT2D eigenvalue weighted by molar-refractivity contribution is 7.98. The monoisotopic (exact) mass is 345 g/mol. The lowest BCUT2D eigenvalue weighted by Gasteiger charge is -2.17. The molecule has 7 heteroatoms. The van der Waals surface area contributed by atoms with Crippen LogP contribution in [0, 0.1) is 0 Å². The van der Waals surface area contributed by atoms with Crippen LogP contribution in [0.5, 0.6) is 0 Å². The third-order valence-corrected chi connectivity index (χ3v) is 4.26. The quantitative estimate of drug-likeness (QED) is 0.839. The minimum atomic E-state index is -0.374. The van der Waals surface area contributed by atoms with Crippen molar-refractivity contribution in [2.24, 2.45) is 7.05 Å². The molecule has 0 aliphatic carbocycles. The van der Waals surface area contributed by atoms with E-state index in [4.69, 9.17) is 0 Å². The van der Waals surface area contributed by atoms with Gasteiger partial charge in [0.05, 0.1) is 12.2 Å². The Morgan fingerprint density at radius 1 is 1.25 bits per heavy atom. The number of pyridine rings is 1. The molecule has 24 heavy (non-hydrogen) atoms. The molecule has 2 aromatic rings. The Balaban J connectivity index is 2.04. The Labute approximate surface area is 144 Å². The summed E-state index contributed by atoms with van der Waals surface area (Å²) in [7, 11) is 3.14. The van der Waals surface area contributed by atoms with Crippen molar-refractivity contribution in [1.82, 2.24) is 9.47 Å². The predicted molar refractivity (Wildman–Crippen MR) is 95.5 cm³/mol. The normalized spacial score (nSPS) is 10.3. The number of hydrogen-bond donors (Lipinski definition) is 1. The number of aryl methyl sites for hydroxylation is 1. The maximum absolute atomic E-state index is 12.3. The maximum atomic E-state index is 12.3. The van der Waals surface area contributed by atoms with E-state index < -0.39 is 0 Å². The first-order chi connectivity index (χ1) is 11.4. The van der Waals surface area contributed by atoms with E-state index in [1.807, 2.05) is 30.5 Å². The lowest BCUT2D eigenvalue weighted by Crippen LogP contribution is -2.35. The summed E-state index contributed by atoms with van der Waals surface area (Å²) in [4.78, 5) is 38.3. The van der Waals surface area contributed by atoms with E-state index in [1.54, 1.807) is 13.1 Å². The summed E-state index contributed by atoms with van der Waals surface area (Å²) < 4.78 is 1.38. The third-order valence-electron chi connectivity index (χ3n) is 3.46. The topological polar surface area (TPSA) is 71.4 Å². The highest BCUT2D eigenvalue weighted by atomic mass is 32.2. The Kier molecular flexibility index (Phi) is 5.81. The fraction of sp³-hybridized carbons (Fsp3) is 0.235. The Hall–Kier alpha value is -2.54. The van der Waals surface area contributed by atoms with Gasteiger partial charge in [0.2, 0.25) is 5.91 Å². The second-order valence-corrected chi connectivity index (χ2v) is 6.12. The van der Waals surface area contributed by atoms with E-state index in [1.165, 1.54) is 40.5 Å². The molecule has 0 bridgehead atoms. The van der Waals surface area contributed by atoms with E-state index in [0.717, 1.165) is 4.90 Å². The van der Waals surface area contributed by atoms with Gasteiger partial charge in [-0.3, -0.25) is 14.4 Å². The van der Waals surface area contributed by atoms with Gasteiger partial charge in [0, 0.05) is 36.8 Å². The summed E-state index contributed by atoms with van der Waals surface area (Å²) in [6, 6.07) is 10.3. The van der Waals surface area contributed by atoms with Gasteiger partial charge in [-0.05, 0) is 24.5 Å². The fourth-order valence-corrected chi connectivity index (χ4v) is 2.68. The molecule has 1 heterocycles. The molecular formula is C17H19N3O3S. The van der Waals surface area contributed by atoms with Crippen molar-refractivity contribution in [3.63, 3.8) is 0 Å². The van der Waals surface area contributed by atoms with E-state index in [-0.39, 0.29) is 29.5 Å². The largest absolute Gasteiger partial charge is 0.332 e. The van der Waals surface area contributed by atoms with E-state index in [2.05, 4.69) is 5.32 Å². The zero-order chi connectivity index (χ0) is 17.7. The van der Waals surface area contributed by atoms with Crippen LogP contribution in [0.25, 0.3) is 0 Å². The molecule has 0 saturated heterocycles. The number of amides is 2. The number of nitrogens with zero attached hydrogens (tertiary/aromatic N) is 2. The summed E-state index contributed by atoms with van der Waals surface area (Å²) in [6.07, 6.45) is 3.45. The van der Waals surface area contributed by atoms with Crippen LogP contribution in [0.3, 0.4) is 0 Å². The summed E-state index contributed by atoms with van der Waals surface area (Å²) >= 11 is 1.53. The second kappa shape index (κ2) is 7.83. The molecule has 0 unspecified atom stereocenters. The Morgan fingerprint density at radius 3 is 2.62 bits per heavy atom. The molecular weight excluding hydrogens is 326 g/mol. The van der Waals surface area contributed by atoms with Crippen LogP contribution in [-0.2, 0) is 11.8 Å². The zero-order valence-corrected chi connectivity index (χ0v) is 14.6. The highest BCUT2D eigenvalue weighted by Crippen LogP contribution is 2.24. The number of nitrogens with one attached hydrogen (secondary N) is 1. The summed E-state index contributed by atoms with van der Waals surface area (Å²) in [5, 5.41) is 2.80. The van der Waals surface area contributed by atoms with E-state index in [0.29, 0.717) is 5.69 Å². The summed E-state index contributed by atoms with van der Waals surface area (Å²) in [5.74, 6) is -0.669. The number of thioether (sulfide) groups is 1. The van der Waals surface area contributed by atoms with Gasteiger partial charge >= 0.3 is 0 Å². The lowest BCUT2D eigenvalue weighted by atomic mass is 10.2. The minimum Gasteiger partial charge on any atom is -0.332 e. The number of carbonyl (C=O) groups excluding carboxylic acids is 2. The molecule has 1 aromatic heterocycles. The number of anilines is 1. The molecule has 2 amide bonds. The van der Waals surface area contributed by atoms with Crippen molar-refractivity contribution in [1.29, 1.82) is 0 Å². The molecule has 2 rings (SSSR count). The maximum Gasteiger partial charge on any atom is 0.254 e. The molecule has 126 valence electrons. The van der Waals surface area contributed by atoms with Crippen molar-refractivity contribution in [3.05, 3.63) is 58.5 Å².